The molecule has 2 amide bonds. The number of rotatable bonds is 5. The summed E-state index contributed by atoms with van der Waals surface area (Å²) in [5.41, 5.74) is 0.743. The predicted octanol–water partition coefficient (Wildman–Crippen LogP) is 1.50. The molecule has 1 heterocycles. The second kappa shape index (κ2) is 7.72. The summed E-state index contributed by atoms with van der Waals surface area (Å²) in [6.07, 6.45) is 0. The Morgan fingerprint density at radius 1 is 1.30 bits per heavy atom. The van der Waals surface area contributed by atoms with Crippen LogP contribution in [0.25, 0.3) is 0 Å². The molecule has 0 saturated carbocycles. The van der Waals surface area contributed by atoms with Gasteiger partial charge >= 0.3 is 6.03 Å². The van der Waals surface area contributed by atoms with Gasteiger partial charge in [-0.1, -0.05) is 0 Å². The van der Waals surface area contributed by atoms with E-state index in [0.717, 1.165) is 37.7 Å². The van der Waals surface area contributed by atoms with Crippen LogP contribution in [0.2, 0.25) is 0 Å². The molecule has 1 aromatic rings. The first-order valence-electron chi connectivity index (χ1n) is 6.85. The van der Waals surface area contributed by atoms with E-state index in [0.29, 0.717) is 13.3 Å². The van der Waals surface area contributed by atoms with Crippen LogP contribution in [0.1, 0.15) is 6.92 Å². The largest absolute Gasteiger partial charge is 0.494 e. The van der Waals surface area contributed by atoms with Crippen molar-refractivity contribution < 1.29 is 14.3 Å². The molecule has 6 nitrogen and oxygen atoms in total. The first kappa shape index (κ1) is 14.6. The summed E-state index contributed by atoms with van der Waals surface area (Å²) in [4.78, 5) is 13.9. The number of hydrogen-bond acceptors (Lipinski definition) is 4. The molecule has 0 atom stereocenters. The van der Waals surface area contributed by atoms with Crippen LogP contribution in [-0.4, -0.2) is 50.5 Å². The Morgan fingerprint density at radius 2 is 2.00 bits per heavy atom. The van der Waals surface area contributed by atoms with Gasteiger partial charge in [-0.05, 0) is 31.2 Å². The highest BCUT2D eigenvalue weighted by Gasteiger charge is 2.10. The third kappa shape index (κ3) is 4.71. The molecule has 1 fully saturated rings. The molecule has 1 aliphatic rings. The molecule has 1 aliphatic heterocycles. The number of benzene rings is 1. The van der Waals surface area contributed by atoms with Crippen LogP contribution < -0.4 is 15.4 Å². The Labute approximate surface area is 119 Å². The molecule has 0 radical (unpaired) electrons. The third-order valence-electron chi connectivity index (χ3n) is 2.99. The minimum Gasteiger partial charge on any atom is -0.494 e. The van der Waals surface area contributed by atoms with Gasteiger partial charge in [-0.15, -0.1) is 0 Å². The van der Waals surface area contributed by atoms with Crippen molar-refractivity contribution in [1.82, 2.24) is 10.2 Å². The van der Waals surface area contributed by atoms with Crippen LogP contribution in [0.5, 0.6) is 5.75 Å². The Balaban J connectivity index is 1.73. The van der Waals surface area contributed by atoms with Gasteiger partial charge in [0.05, 0.1) is 26.5 Å². The molecule has 1 saturated heterocycles. The van der Waals surface area contributed by atoms with Crippen molar-refractivity contribution in [2.45, 2.75) is 6.92 Å². The lowest BCUT2D eigenvalue weighted by Crippen LogP contribution is -2.44. The van der Waals surface area contributed by atoms with E-state index in [1.807, 2.05) is 31.2 Å². The third-order valence-corrected chi connectivity index (χ3v) is 2.99. The van der Waals surface area contributed by atoms with Crippen LogP contribution in [0, 0.1) is 0 Å². The maximum absolute atomic E-state index is 11.8. The lowest BCUT2D eigenvalue weighted by molar-refractivity contribution is 0.0358. The van der Waals surface area contributed by atoms with Crippen LogP contribution in [0.3, 0.4) is 0 Å². The zero-order valence-corrected chi connectivity index (χ0v) is 11.7. The number of nitrogens with zero attached hydrogens (tertiary/aromatic N) is 1. The highest BCUT2D eigenvalue weighted by molar-refractivity contribution is 5.89. The number of amides is 2. The fourth-order valence-electron chi connectivity index (χ4n) is 1.92. The molecule has 6 heteroatoms. The summed E-state index contributed by atoms with van der Waals surface area (Å²) < 4.78 is 10.6. The van der Waals surface area contributed by atoms with E-state index in [1.165, 1.54) is 0 Å². The van der Waals surface area contributed by atoms with E-state index in [-0.39, 0.29) is 6.03 Å². The summed E-state index contributed by atoms with van der Waals surface area (Å²) in [7, 11) is 0. The average molecular weight is 279 g/mol. The summed E-state index contributed by atoms with van der Waals surface area (Å²) >= 11 is 0. The Bertz CT molecular complexity index is 416. The standard InChI is InChI=1S/C14H21N3O3/c1-2-20-13-5-3-12(4-6-13)16-14(18)15-11-17-7-9-19-10-8-17/h3-6H,2,7-11H2,1H3,(H2,15,16,18). The molecule has 2 rings (SSSR count). The van der Waals surface area contributed by atoms with E-state index in [1.54, 1.807) is 0 Å². The number of carbonyl (C=O) groups is 1. The highest BCUT2D eigenvalue weighted by Crippen LogP contribution is 2.15. The second-order valence-corrected chi connectivity index (χ2v) is 4.48. The van der Waals surface area contributed by atoms with Gasteiger partial charge in [0.15, 0.2) is 0 Å². The summed E-state index contributed by atoms with van der Waals surface area (Å²) in [6, 6.07) is 7.10. The first-order chi connectivity index (χ1) is 9.78. The fraction of sp³-hybridized carbons (Fsp3) is 0.500. The molecular formula is C14H21N3O3. The van der Waals surface area contributed by atoms with E-state index in [4.69, 9.17) is 9.47 Å². The Kier molecular flexibility index (Phi) is 5.64. The highest BCUT2D eigenvalue weighted by atomic mass is 16.5. The molecule has 0 spiro atoms. The minimum absolute atomic E-state index is 0.208. The maximum atomic E-state index is 11.8. The molecule has 110 valence electrons. The van der Waals surface area contributed by atoms with Crippen molar-refractivity contribution in [2.75, 3.05) is 44.9 Å². The number of carbonyl (C=O) groups excluding carboxylic acids is 1. The van der Waals surface area contributed by atoms with Crippen molar-refractivity contribution in [3.05, 3.63) is 24.3 Å². The van der Waals surface area contributed by atoms with Crippen molar-refractivity contribution in [3.63, 3.8) is 0 Å². The van der Waals surface area contributed by atoms with E-state index < -0.39 is 0 Å². The molecule has 0 bridgehead atoms. The number of urea groups is 1. The van der Waals surface area contributed by atoms with Crippen molar-refractivity contribution >= 4 is 11.7 Å². The summed E-state index contributed by atoms with van der Waals surface area (Å²) in [5.74, 6) is 0.798. The zero-order chi connectivity index (χ0) is 14.2. The van der Waals surface area contributed by atoms with Crippen molar-refractivity contribution in [2.24, 2.45) is 0 Å². The SMILES string of the molecule is CCOc1ccc(NC(=O)NCN2CCOCC2)cc1. The molecule has 1 aromatic carbocycles. The second-order valence-electron chi connectivity index (χ2n) is 4.48. The molecule has 0 aromatic heterocycles. The molecule has 0 unspecified atom stereocenters. The van der Waals surface area contributed by atoms with Crippen LogP contribution >= 0.6 is 0 Å². The number of anilines is 1. The summed E-state index contributed by atoms with van der Waals surface area (Å²) in [5, 5.41) is 5.62. The fourth-order valence-corrected chi connectivity index (χ4v) is 1.92. The minimum atomic E-state index is -0.208. The topological polar surface area (TPSA) is 62.8 Å². The molecular weight excluding hydrogens is 258 g/mol. The van der Waals surface area contributed by atoms with Crippen LogP contribution in [0.15, 0.2) is 24.3 Å². The van der Waals surface area contributed by atoms with E-state index in [2.05, 4.69) is 15.5 Å². The lowest BCUT2D eigenvalue weighted by atomic mass is 10.3. The van der Waals surface area contributed by atoms with Gasteiger partial charge in [0.25, 0.3) is 0 Å². The van der Waals surface area contributed by atoms with Gasteiger partial charge in [0.1, 0.15) is 5.75 Å². The lowest BCUT2D eigenvalue weighted by Gasteiger charge is -2.26. The number of ether oxygens (including phenoxy) is 2. The van der Waals surface area contributed by atoms with Gasteiger partial charge < -0.3 is 20.1 Å². The summed E-state index contributed by atoms with van der Waals surface area (Å²) in [6.45, 7) is 6.25. The van der Waals surface area contributed by atoms with Gasteiger partial charge in [-0.3, -0.25) is 4.90 Å². The first-order valence-corrected chi connectivity index (χ1v) is 6.85. The number of morpholine rings is 1. The van der Waals surface area contributed by atoms with Gasteiger partial charge in [0.2, 0.25) is 0 Å². The number of hydrogen-bond donors (Lipinski definition) is 2. The van der Waals surface area contributed by atoms with Crippen molar-refractivity contribution in [1.29, 1.82) is 0 Å². The van der Waals surface area contributed by atoms with Gasteiger partial charge in [-0.25, -0.2) is 4.79 Å². The maximum Gasteiger partial charge on any atom is 0.320 e. The predicted molar refractivity (Wildman–Crippen MR) is 77.0 cm³/mol. The normalized spacial score (nSPS) is 15.7. The smallest absolute Gasteiger partial charge is 0.320 e. The quantitative estimate of drug-likeness (QED) is 0.857. The van der Waals surface area contributed by atoms with E-state index in [9.17, 15) is 4.79 Å². The Morgan fingerprint density at radius 3 is 2.65 bits per heavy atom. The molecule has 2 N–H and O–H groups in total. The van der Waals surface area contributed by atoms with Crippen LogP contribution in [-0.2, 0) is 4.74 Å². The van der Waals surface area contributed by atoms with E-state index >= 15 is 0 Å². The Hall–Kier alpha value is -1.79. The number of nitrogens with one attached hydrogen (secondary N) is 2. The van der Waals surface area contributed by atoms with Gasteiger partial charge in [-0.2, -0.15) is 0 Å². The zero-order valence-electron chi connectivity index (χ0n) is 11.7. The molecule has 20 heavy (non-hydrogen) atoms. The average Bonchev–Trinajstić information content (AvgIpc) is 2.49. The van der Waals surface area contributed by atoms with Gasteiger partial charge in [0, 0.05) is 18.8 Å². The van der Waals surface area contributed by atoms with Crippen molar-refractivity contribution in [3.8, 4) is 5.75 Å². The molecule has 0 aliphatic carbocycles. The monoisotopic (exact) mass is 279 g/mol. The van der Waals surface area contributed by atoms with Crippen LogP contribution in [0.4, 0.5) is 10.5 Å².